The van der Waals surface area contributed by atoms with Gasteiger partial charge in [0.05, 0.1) is 5.75 Å². The molecule has 0 amide bonds. The first-order valence-corrected chi connectivity index (χ1v) is 8.08. The minimum Gasteiger partial charge on any atom is -0.401 e. The lowest BCUT2D eigenvalue weighted by Gasteiger charge is -1.99. The van der Waals surface area contributed by atoms with Gasteiger partial charge in [-0.25, -0.2) is 0 Å². The summed E-state index contributed by atoms with van der Waals surface area (Å²) in [5.41, 5.74) is 6.65. The van der Waals surface area contributed by atoms with Crippen LogP contribution in [0.1, 0.15) is 6.92 Å². The van der Waals surface area contributed by atoms with Crippen molar-refractivity contribution in [2.24, 2.45) is 5.73 Å². The summed E-state index contributed by atoms with van der Waals surface area (Å²) in [6.07, 6.45) is 0. The zero-order valence-electron chi connectivity index (χ0n) is 11.7. The molecule has 0 fully saturated rings. The normalized spacial score (nSPS) is 11.5. The van der Waals surface area contributed by atoms with Gasteiger partial charge in [-0.1, -0.05) is 41.3 Å². The lowest BCUT2D eigenvalue weighted by molar-refractivity contribution is -0.112. The number of carbonyl (C=O) groups is 1. The zero-order valence-corrected chi connectivity index (χ0v) is 13.4. The number of anilines is 2. The second-order valence-electron chi connectivity index (χ2n) is 4.25. The number of ketones is 1. The van der Waals surface area contributed by atoms with Crippen LogP contribution in [0.4, 0.5) is 10.8 Å². The van der Waals surface area contributed by atoms with Crippen LogP contribution in [0.5, 0.6) is 0 Å². The number of para-hydroxylation sites is 1. The summed E-state index contributed by atoms with van der Waals surface area (Å²) in [6.45, 7) is 1.54. The second-order valence-corrected chi connectivity index (χ2v) is 6.45. The summed E-state index contributed by atoms with van der Waals surface area (Å²) >= 11 is 2.58. The largest absolute Gasteiger partial charge is 0.401 e. The maximum absolute atomic E-state index is 11.8. The Labute approximate surface area is 136 Å². The van der Waals surface area contributed by atoms with E-state index < -0.39 is 0 Å². The molecule has 3 N–H and O–H groups in total. The van der Waals surface area contributed by atoms with Gasteiger partial charge in [0.15, 0.2) is 10.1 Å². The molecule has 0 aliphatic heterocycles. The van der Waals surface area contributed by atoms with Crippen LogP contribution in [0.25, 0.3) is 0 Å². The van der Waals surface area contributed by atoms with E-state index in [1.54, 1.807) is 0 Å². The van der Waals surface area contributed by atoms with Crippen LogP contribution < -0.4 is 11.1 Å². The van der Waals surface area contributed by atoms with E-state index >= 15 is 0 Å². The smallest absolute Gasteiger partial charge is 0.210 e. The number of thioether (sulfide) groups is 1. The molecule has 0 atom stereocenters. The van der Waals surface area contributed by atoms with Crippen LogP contribution >= 0.6 is 23.1 Å². The number of hydrogen-bond donors (Lipinski definition) is 2. The van der Waals surface area contributed by atoms with Gasteiger partial charge in [-0.2, -0.15) is 5.26 Å². The standard InChI is InChI=1S/C14H13N5OS2/c1-9(16)11(7-15)12(20)8-21-14-19-18-13(22-14)17-10-5-3-2-4-6-10/h2-6H,8,16H2,1H3,(H,17,18)/b11-9-. The van der Waals surface area contributed by atoms with E-state index in [4.69, 9.17) is 11.0 Å². The third kappa shape index (κ3) is 4.31. The number of nitriles is 1. The molecule has 0 spiro atoms. The Balaban J connectivity index is 1.94. The van der Waals surface area contributed by atoms with Crippen molar-refractivity contribution in [3.63, 3.8) is 0 Å². The van der Waals surface area contributed by atoms with Gasteiger partial charge in [-0.3, -0.25) is 4.79 Å². The van der Waals surface area contributed by atoms with Crippen molar-refractivity contribution in [1.82, 2.24) is 10.2 Å². The summed E-state index contributed by atoms with van der Waals surface area (Å²) < 4.78 is 0.652. The van der Waals surface area contributed by atoms with E-state index in [-0.39, 0.29) is 22.8 Å². The number of rotatable bonds is 6. The molecule has 2 aromatic rings. The van der Waals surface area contributed by atoms with Crippen molar-refractivity contribution in [3.8, 4) is 6.07 Å². The Bertz CT molecular complexity index is 729. The van der Waals surface area contributed by atoms with Crippen LogP contribution in [-0.2, 0) is 4.79 Å². The van der Waals surface area contributed by atoms with Gasteiger partial charge >= 0.3 is 0 Å². The fourth-order valence-electron chi connectivity index (χ4n) is 1.53. The van der Waals surface area contributed by atoms with Gasteiger partial charge < -0.3 is 11.1 Å². The van der Waals surface area contributed by atoms with Crippen LogP contribution in [0, 0.1) is 11.3 Å². The number of allylic oxidation sites excluding steroid dienone is 2. The van der Waals surface area contributed by atoms with E-state index in [9.17, 15) is 4.79 Å². The van der Waals surface area contributed by atoms with Gasteiger partial charge in [0.25, 0.3) is 0 Å². The third-order valence-corrected chi connectivity index (χ3v) is 4.52. The molecule has 1 aromatic carbocycles. The molecule has 0 saturated heterocycles. The molecule has 0 bridgehead atoms. The van der Waals surface area contributed by atoms with Gasteiger partial charge in [0.2, 0.25) is 5.13 Å². The molecule has 8 heteroatoms. The maximum atomic E-state index is 11.8. The number of nitrogens with zero attached hydrogens (tertiary/aromatic N) is 3. The highest BCUT2D eigenvalue weighted by Gasteiger charge is 2.13. The van der Waals surface area contributed by atoms with Crippen LogP contribution in [-0.4, -0.2) is 21.7 Å². The molecule has 2 rings (SSSR count). The quantitative estimate of drug-likeness (QED) is 0.476. The Morgan fingerprint density at radius 3 is 2.77 bits per heavy atom. The number of hydrogen-bond acceptors (Lipinski definition) is 8. The summed E-state index contributed by atoms with van der Waals surface area (Å²) in [6, 6.07) is 11.4. The van der Waals surface area contributed by atoms with Crippen molar-refractivity contribution in [2.75, 3.05) is 11.1 Å². The minimum atomic E-state index is -0.305. The van der Waals surface area contributed by atoms with E-state index in [1.807, 2.05) is 36.4 Å². The average molecular weight is 331 g/mol. The fourth-order valence-corrected chi connectivity index (χ4v) is 3.18. The monoisotopic (exact) mass is 331 g/mol. The van der Waals surface area contributed by atoms with Crippen molar-refractivity contribution in [1.29, 1.82) is 5.26 Å². The second kappa shape index (κ2) is 7.59. The first kappa shape index (κ1) is 16.0. The summed E-state index contributed by atoms with van der Waals surface area (Å²) in [5, 5.41) is 20.7. The highest BCUT2D eigenvalue weighted by molar-refractivity contribution is 8.01. The maximum Gasteiger partial charge on any atom is 0.210 e. The first-order valence-electron chi connectivity index (χ1n) is 6.28. The molecule has 1 aromatic heterocycles. The molecule has 0 unspecified atom stereocenters. The molecule has 0 aliphatic carbocycles. The Hall–Kier alpha value is -2.37. The predicted molar refractivity (Wildman–Crippen MR) is 87.9 cm³/mol. The van der Waals surface area contributed by atoms with Crippen LogP contribution in [0.15, 0.2) is 45.9 Å². The molecule has 1 heterocycles. The number of benzene rings is 1. The number of nitrogens with one attached hydrogen (secondary N) is 1. The Morgan fingerprint density at radius 1 is 1.41 bits per heavy atom. The van der Waals surface area contributed by atoms with Crippen LogP contribution in [0.3, 0.4) is 0 Å². The zero-order chi connectivity index (χ0) is 15.9. The average Bonchev–Trinajstić information content (AvgIpc) is 2.94. The molecule has 0 aliphatic rings. The van der Waals surface area contributed by atoms with Crippen molar-refractivity contribution >= 4 is 39.7 Å². The van der Waals surface area contributed by atoms with Gasteiger partial charge in [0, 0.05) is 11.4 Å². The highest BCUT2D eigenvalue weighted by atomic mass is 32.2. The van der Waals surface area contributed by atoms with E-state index in [1.165, 1.54) is 30.0 Å². The summed E-state index contributed by atoms with van der Waals surface area (Å²) in [4.78, 5) is 11.8. The molecular formula is C14H13N5OS2. The molecule has 0 radical (unpaired) electrons. The Morgan fingerprint density at radius 2 is 2.14 bits per heavy atom. The topological polar surface area (TPSA) is 105 Å². The Kier molecular flexibility index (Phi) is 5.52. The number of Topliss-reactive ketones (excluding diaryl/α,β-unsaturated/α-hetero) is 1. The van der Waals surface area contributed by atoms with Crippen LogP contribution in [0.2, 0.25) is 0 Å². The molecular weight excluding hydrogens is 318 g/mol. The SMILES string of the molecule is C/C(N)=C(\C#N)C(=O)CSc1nnc(Nc2ccccc2)s1. The van der Waals surface area contributed by atoms with Gasteiger partial charge in [0.1, 0.15) is 11.6 Å². The van der Waals surface area contributed by atoms with Gasteiger partial charge in [-0.05, 0) is 19.1 Å². The fraction of sp³-hybridized carbons (Fsp3) is 0.143. The highest BCUT2D eigenvalue weighted by Crippen LogP contribution is 2.28. The van der Waals surface area contributed by atoms with E-state index in [0.29, 0.717) is 9.47 Å². The lowest BCUT2D eigenvalue weighted by atomic mass is 10.2. The van der Waals surface area contributed by atoms with Gasteiger partial charge in [-0.15, -0.1) is 10.2 Å². The van der Waals surface area contributed by atoms with Crippen molar-refractivity contribution in [3.05, 3.63) is 41.6 Å². The lowest BCUT2D eigenvalue weighted by Crippen LogP contribution is -2.10. The first-order chi connectivity index (χ1) is 10.6. The molecule has 22 heavy (non-hydrogen) atoms. The molecule has 0 saturated carbocycles. The number of nitrogens with two attached hydrogens (primary N) is 1. The summed E-state index contributed by atoms with van der Waals surface area (Å²) in [5.74, 6) is -0.197. The number of aromatic nitrogens is 2. The summed E-state index contributed by atoms with van der Waals surface area (Å²) in [7, 11) is 0. The van der Waals surface area contributed by atoms with E-state index in [0.717, 1.165) is 5.69 Å². The third-order valence-electron chi connectivity index (χ3n) is 2.54. The predicted octanol–water partition coefficient (Wildman–Crippen LogP) is 2.70. The van der Waals surface area contributed by atoms with Crippen molar-refractivity contribution < 1.29 is 4.79 Å². The van der Waals surface area contributed by atoms with E-state index in [2.05, 4.69) is 15.5 Å². The molecule has 6 nitrogen and oxygen atoms in total. The number of carbonyl (C=O) groups excluding carboxylic acids is 1. The minimum absolute atomic E-state index is 0.000325. The molecule has 112 valence electrons. The van der Waals surface area contributed by atoms with Crippen molar-refractivity contribution in [2.45, 2.75) is 11.3 Å².